The summed E-state index contributed by atoms with van der Waals surface area (Å²) in [7, 11) is 0. The van der Waals surface area contributed by atoms with Crippen molar-refractivity contribution in [2.24, 2.45) is 11.8 Å². The molecule has 1 aliphatic carbocycles. The first-order chi connectivity index (χ1) is 8.74. The summed E-state index contributed by atoms with van der Waals surface area (Å²) in [4.78, 5) is 0. The van der Waals surface area contributed by atoms with E-state index in [0.717, 1.165) is 11.8 Å². The van der Waals surface area contributed by atoms with E-state index in [4.69, 9.17) is 0 Å². The predicted octanol–water partition coefficient (Wildman–Crippen LogP) is 5.86. The van der Waals surface area contributed by atoms with Crippen molar-refractivity contribution in [2.45, 2.75) is 53.4 Å². The van der Waals surface area contributed by atoms with Crippen LogP contribution in [-0.2, 0) is 0 Å². The summed E-state index contributed by atoms with van der Waals surface area (Å²) < 4.78 is 0. The quantitative estimate of drug-likeness (QED) is 0.611. The second-order valence-electron chi connectivity index (χ2n) is 5.29. The summed E-state index contributed by atoms with van der Waals surface area (Å²) >= 11 is 0. The lowest BCUT2D eigenvalue weighted by Crippen LogP contribution is -2.09. The summed E-state index contributed by atoms with van der Waals surface area (Å²) in [6, 6.07) is 8.78. The van der Waals surface area contributed by atoms with Crippen molar-refractivity contribution in [2.75, 3.05) is 0 Å². The van der Waals surface area contributed by atoms with Crippen molar-refractivity contribution in [3.05, 3.63) is 41.5 Å². The number of allylic oxidation sites excluding steroid dienone is 1. The molecule has 0 heterocycles. The molecule has 18 heavy (non-hydrogen) atoms. The molecule has 0 saturated heterocycles. The fourth-order valence-corrected chi connectivity index (χ4v) is 2.40. The molecule has 2 rings (SSSR count). The second kappa shape index (κ2) is 8.13. The van der Waals surface area contributed by atoms with Crippen LogP contribution in [0.3, 0.4) is 0 Å². The van der Waals surface area contributed by atoms with Gasteiger partial charge in [-0.05, 0) is 37.2 Å². The summed E-state index contributed by atoms with van der Waals surface area (Å²) in [5.41, 5.74) is 2.67. The van der Waals surface area contributed by atoms with Gasteiger partial charge in [0.2, 0.25) is 0 Å². The molecule has 1 aromatic carbocycles. The molecular weight excluding hydrogens is 216 g/mol. The van der Waals surface area contributed by atoms with Gasteiger partial charge in [-0.3, -0.25) is 0 Å². The Morgan fingerprint density at radius 3 is 2.06 bits per heavy atom. The van der Waals surface area contributed by atoms with Gasteiger partial charge in [0, 0.05) is 0 Å². The molecule has 0 heteroatoms. The van der Waals surface area contributed by atoms with Gasteiger partial charge in [-0.15, -0.1) is 0 Å². The minimum absolute atomic E-state index is 0.817. The zero-order valence-electron chi connectivity index (χ0n) is 12.4. The number of benzene rings is 1. The zero-order chi connectivity index (χ0) is 13.4. The third-order valence-corrected chi connectivity index (χ3v) is 3.70. The van der Waals surface area contributed by atoms with Crippen LogP contribution >= 0.6 is 0 Å². The minimum atomic E-state index is 0.817. The Kier molecular flexibility index (Phi) is 6.78. The molecule has 0 atom stereocenters. The molecule has 1 aromatic rings. The lowest BCUT2D eigenvalue weighted by molar-refractivity contribution is 0.331. The van der Waals surface area contributed by atoms with Crippen molar-refractivity contribution in [1.82, 2.24) is 0 Å². The van der Waals surface area contributed by atoms with Crippen LogP contribution in [0.15, 0.2) is 30.3 Å². The normalized spacial score (nSPS) is 23.6. The van der Waals surface area contributed by atoms with Crippen LogP contribution in [0.25, 0.3) is 6.08 Å². The van der Waals surface area contributed by atoms with Crippen molar-refractivity contribution < 1.29 is 0 Å². The van der Waals surface area contributed by atoms with Crippen LogP contribution in [0, 0.1) is 18.8 Å². The Morgan fingerprint density at radius 1 is 0.944 bits per heavy atom. The Balaban J connectivity index is 0.000000771. The number of hydrogen-bond donors (Lipinski definition) is 0. The van der Waals surface area contributed by atoms with Gasteiger partial charge in [-0.1, -0.05) is 75.6 Å². The van der Waals surface area contributed by atoms with Gasteiger partial charge in [0.05, 0.1) is 0 Å². The molecule has 1 aliphatic rings. The predicted molar refractivity (Wildman–Crippen MR) is 82.7 cm³/mol. The van der Waals surface area contributed by atoms with Gasteiger partial charge in [-0.2, -0.15) is 0 Å². The highest BCUT2D eigenvalue weighted by molar-refractivity contribution is 5.49. The van der Waals surface area contributed by atoms with Crippen molar-refractivity contribution >= 4 is 6.08 Å². The van der Waals surface area contributed by atoms with E-state index >= 15 is 0 Å². The lowest BCUT2D eigenvalue weighted by Gasteiger charge is -2.23. The van der Waals surface area contributed by atoms with Gasteiger partial charge in [0.15, 0.2) is 0 Å². The van der Waals surface area contributed by atoms with Gasteiger partial charge in [0.1, 0.15) is 0 Å². The summed E-state index contributed by atoms with van der Waals surface area (Å²) in [5.74, 6) is 1.77. The molecule has 0 amide bonds. The van der Waals surface area contributed by atoms with Gasteiger partial charge in [-0.25, -0.2) is 0 Å². The van der Waals surface area contributed by atoms with Crippen LogP contribution < -0.4 is 0 Å². The topological polar surface area (TPSA) is 0 Å². The smallest absolute Gasteiger partial charge is 0.0230 e. The maximum absolute atomic E-state index is 2.41. The van der Waals surface area contributed by atoms with Crippen LogP contribution in [-0.4, -0.2) is 0 Å². The SMILES string of the molecule is CC.Cc1ccc(/C=C/C2CCC(C)CC2)cc1. The van der Waals surface area contributed by atoms with E-state index in [2.05, 4.69) is 50.3 Å². The van der Waals surface area contributed by atoms with E-state index in [0.29, 0.717) is 0 Å². The Labute approximate surface area is 113 Å². The summed E-state index contributed by atoms with van der Waals surface area (Å²) in [5, 5.41) is 0. The lowest BCUT2D eigenvalue weighted by atomic mass is 9.83. The Hall–Kier alpha value is -1.04. The van der Waals surface area contributed by atoms with E-state index < -0.39 is 0 Å². The van der Waals surface area contributed by atoms with E-state index in [1.807, 2.05) is 13.8 Å². The number of hydrogen-bond acceptors (Lipinski definition) is 0. The molecule has 1 saturated carbocycles. The molecule has 100 valence electrons. The fourth-order valence-electron chi connectivity index (χ4n) is 2.40. The highest BCUT2D eigenvalue weighted by atomic mass is 14.2. The van der Waals surface area contributed by atoms with Crippen LogP contribution in [0.1, 0.15) is 57.6 Å². The molecule has 0 aliphatic heterocycles. The van der Waals surface area contributed by atoms with E-state index in [1.165, 1.54) is 36.8 Å². The molecule has 0 unspecified atom stereocenters. The second-order valence-corrected chi connectivity index (χ2v) is 5.29. The van der Waals surface area contributed by atoms with E-state index in [-0.39, 0.29) is 0 Å². The summed E-state index contributed by atoms with van der Waals surface area (Å²) in [6.45, 7) is 8.51. The largest absolute Gasteiger partial charge is 0.0808 e. The molecule has 0 N–H and O–H groups in total. The molecule has 0 spiro atoms. The van der Waals surface area contributed by atoms with Crippen LogP contribution in [0.2, 0.25) is 0 Å². The van der Waals surface area contributed by atoms with Crippen LogP contribution in [0.5, 0.6) is 0 Å². The third kappa shape index (κ3) is 5.08. The van der Waals surface area contributed by atoms with Crippen molar-refractivity contribution in [3.63, 3.8) is 0 Å². The molecule has 0 nitrogen and oxygen atoms in total. The van der Waals surface area contributed by atoms with Crippen LogP contribution in [0.4, 0.5) is 0 Å². The number of rotatable bonds is 2. The van der Waals surface area contributed by atoms with Crippen molar-refractivity contribution in [1.29, 1.82) is 0 Å². The third-order valence-electron chi connectivity index (χ3n) is 3.70. The van der Waals surface area contributed by atoms with E-state index in [1.54, 1.807) is 0 Å². The molecule has 1 fully saturated rings. The maximum atomic E-state index is 2.41. The monoisotopic (exact) mass is 244 g/mol. The van der Waals surface area contributed by atoms with E-state index in [9.17, 15) is 0 Å². The first-order valence-corrected chi connectivity index (χ1v) is 7.49. The first-order valence-electron chi connectivity index (χ1n) is 7.49. The van der Waals surface area contributed by atoms with Crippen molar-refractivity contribution in [3.8, 4) is 0 Å². The average Bonchev–Trinajstić information content (AvgIpc) is 2.42. The summed E-state index contributed by atoms with van der Waals surface area (Å²) in [6.07, 6.45) is 10.3. The molecule has 0 aromatic heterocycles. The van der Waals surface area contributed by atoms with Gasteiger partial charge in [0.25, 0.3) is 0 Å². The fraction of sp³-hybridized carbons (Fsp3) is 0.556. The number of aryl methyl sites for hydroxylation is 1. The Morgan fingerprint density at radius 2 is 1.50 bits per heavy atom. The molecule has 0 radical (unpaired) electrons. The maximum Gasteiger partial charge on any atom is -0.0230 e. The zero-order valence-corrected chi connectivity index (χ0v) is 12.4. The highest BCUT2D eigenvalue weighted by Gasteiger charge is 2.15. The Bertz CT molecular complexity index is 337. The molecule has 0 bridgehead atoms. The first kappa shape index (κ1) is 15.0. The highest BCUT2D eigenvalue weighted by Crippen LogP contribution is 2.29. The standard InChI is InChI=1S/C16H22.C2H6/c1-13-3-7-15(8-4-13)11-12-16-9-5-14(2)6-10-16;1-2/h3-4,7-8,11-12,14,16H,5-6,9-10H2,1-2H3;1-2H3/b12-11+;. The van der Waals surface area contributed by atoms with Gasteiger partial charge >= 0.3 is 0 Å². The van der Waals surface area contributed by atoms with Gasteiger partial charge < -0.3 is 0 Å². The minimum Gasteiger partial charge on any atom is -0.0808 e. The average molecular weight is 244 g/mol. The molecular formula is C18H28.